The summed E-state index contributed by atoms with van der Waals surface area (Å²) >= 11 is 11.8. The average Bonchev–Trinajstić information content (AvgIpc) is 2.97. The minimum absolute atomic E-state index is 0.116. The van der Waals surface area contributed by atoms with E-state index in [-0.39, 0.29) is 12.3 Å². The van der Waals surface area contributed by atoms with Gasteiger partial charge in [-0.25, -0.2) is 0 Å². The van der Waals surface area contributed by atoms with Gasteiger partial charge in [0.05, 0.1) is 23.0 Å². The van der Waals surface area contributed by atoms with Gasteiger partial charge >= 0.3 is 0 Å². The van der Waals surface area contributed by atoms with E-state index in [1.807, 2.05) is 4.57 Å². The Bertz CT molecular complexity index is 661. The third-order valence-corrected chi connectivity index (χ3v) is 3.97. The summed E-state index contributed by atoms with van der Waals surface area (Å²) in [5, 5.41) is 11.6. The maximum Gasteiger partial charge on any atom is 0.224 e. The highest BCUT2D eigenvalue weighted by Gasteiger charge is 2.08. The summed E-state index contributed by atoms with van der Waals surface area (Å²) in [6.45, 7) is 1.74. The van der Waals surface area contributed by atoms with Crippen molar-refractivity contribution >= 4 is 29.1 Å². The monoisotopic (exact) mass is 356 g/mol. The smallest absolute Gasteiger partial charge is 0.224 e. The van der Waals surface area contributed by atoms with Gasteiger partial charge in [0.15, 0.2) is 5.82 Å². The molecule has 0 aliphatic rings. The molecule has 8 heteroatoms. The second-order valence-corrected chi connectivity index (χ2v) is 5.80. The molecule has 0 radical (unpaired) electrons. The molecule has 0 saturated carbocycles. The molecule has 0 aliphatic carbocycles. The Kier molecular flexibility index (Phi) is 6.83. The van der Waals surface area contributed by atoms with Crippen molar-refractivity contribution in [3.8, 4) is 0 Å². The molecule has 0 saturated heterocycles. The highest BCUT2D eigenvalue weighted by molar-refractivity contribution is 6.42. The molecule has 124 valence electrons. The van der Waals surface area contributed by atoms with Gasteiger partial charge in [0.25, 0.3) is 0 Å². The summed E-state index contributed by atoms with van der Waals surface area (Å²) in [5.41, 5.74) is 0.804. The fourth-order valence-electron chi connectivity index (χ4n) is 2.06. The minimum atomic E-state index is -0.116. The van der Waals surface area contributed by atoms with E-state index in [2.05, 4.69) is 15.5 Å². The number of rotatable bonds is 8. The first-order valence-electron chi connectivity index (χ1n) is 7.16. The maximum atomic E-state index is 12.0. The van der Waals surface area contributed by atoms with Gasteiger partial charge in [-0.15, -0.1) is 10.2 Å². The van der Waals surface area contributed by atoms with E-state index in [0.717, 1.165) is 18.5 Å². The van der Waals surface area contributed by atoms with Gasteiger partial charge < -0.3 is 14.6 Å². The fraction of sp³-hybridized carbons (Fsp3) is 0.400. The largest absolute Gasteiger partial charge is 0.385 e. The van der Waals surface area contributed by atoms with Crippen LogP contribution >= 0.6 is 23.2 Å². The molecule has 0 atom stereocenters. The molecular weight excluding hydrogens is 339 g/mol. The van der Waals surface area contributed by atoms with Crippen molar-refractivity contribution in [2.75, 3.05) is 13.7 Å². The van der Waals surface area contributed by atoms with Gasteiger partial charge in [-0.2, -0.15) is 0 Å². The first kappa shape index (κ1) is 17.7. The van der Waals surface area contributed by atoms with Gasteiger partial charge in [-0.05, 0) is 24.1 Å². The Morgan fingerprint density at radius 2 is 2.17 bits per heavy atom. The minimum Gasteiger partial charge on any atom is -0.385 e. The van der Waals surface area contributed by atoms with Gasteiger partial charge in [-0.1, -0.05) is 29.3 Å². The average molecular weight is 357 g/mol. The van der Waals surface area contributed by atoms with Crippen LogP contribution in [0.25, 0.3) is 0 Å². The molecule has 0 fully saturated rings. The Labute approximate surface area is 144 Å². The third kappa shape index (κ3) is 5.49. The van der Waals surface area contributed by atoms with Crippen molar-refractivity contribution in [1.82, 2.24) is 20.1 Å². The number of aromatic nitrogens is 3. The normalized spacial score (nSPS) is 10.7. The summed E-state index contributed by atoms with van der Waals surface area (Å²) in [7, 11) is 1.66. The summed E-state index contributed by atoms with van der Waals surface area (Å²) < 4.78 is 6.92. The molecule has 23 heavy (non-hydrogen) atoms. The SMILES string of the molecule is COCCCn1cnnc1CNC(=O)Cc1ccc(Cl)c(Cl)c1. The number of halogens is 2. The molecule has 1 aromatic heterocycles. The van der Waals surface area contributed by atoms with Crippen LogP contribution < -0.4 is 5.32 Å². The van der Waals surface area contributed by atoms with E-state index in [1.54, 1.807) is 31.6 Å². The lowest BCUT2D eigenvalue weighted by Crippen LogP contribution is -2.26. The quantitative estimate of drug-likeness (QED) is 0.737. The van der Waals surface area contributed by atoms with Crippen LogP contribution in [0.1, 0.15) is 17.8 Å². The van der Waals surface area contributed by atoms with Gasteiger partial charge in [0, 0.05) is 20.3 Å². The number of amides is 1. The van der Waals surface area contributed by atoms with Crippen LogP contribution in [0.5, 0.6) is 0 Å². The van der Waals surface area contributed by atoms with Gasteiger partial charge in [-0.3, -0.25) is 4.79 Å². The number of benzene rings is 1. The van der Waals surface area contributed by atoms with Crippen molar-refractivity contribution < 1.29 is 9.53 Å². The molecule has 1 N–H and O–H groups in total. The second kappa shape index (κ2) is 8.86. The number of carbonyl (C=O) groups excluding carboxylic acids is 1. The maximum absolute atomic E-state index is 12.0. The van der Waals surface area contributed by atoms with E-state index in [4.69, 9.17) is 27.9 Å². The molecule has 0 unspecified atom stereocenters. The molecule has 0 spiro atoms. The number of methoxy groups -OCH3 is 1. The van der Waals surface area contributed by atoms with Crippen LogP contribution in [0.2, 0.25) is 10.0 Å². The van der Waals surface area contributed by atoms with Crippen molar-refractivity contribution in [3.05, 3.63) is 46.0 Å². The van der Waals surface area contributed by atoms with Gasteiger partial charge in [0.2, 0.25) is 5.91 Å². The first-order valence-corrected chi connectivity index (χ1v) is 7.92. The lowest BCUT2D eigenvalue weighted by atomic mass is 10.1. The molecule has 2 rings (SSSR count). The highest BCUT2D eigenvalue weighted by atomic mass is 35.5. The number of nitrogens with one attached hydrogen (secondary N) is 1. The summed E-state index contributed by atoms with van der Waals surface area (Å²) in [6.07, 6.45) is 2.74. The number of nitrogens with zero attached hydrogens (tertiary/aromatic N) is 3. The molecular formula is C15H18Cl2N4O2. The number of hydrogen-bond donors (Lipinski definition) is 1. The van der Waals surface area contributed by atoms with Crippen molar-refractivity contribution in [3.63, 3.8) is 0 Å². The fourth-order valence-corrected chi connectivity index (χ4v) is 2.38. The van der Waals surface area contributed by atoms with Crippen LogP contribution in [-0.2, 0) is 29.0 Å². The van der Waals surface area contributed by atoms with Crippen LogP contribution in [-0.4, -0.2) is 34.4 Å². The Morgan fingerprint density at radius 3 is 2.91 bits per heavy atom. The summed E-state index contributed by atoms with van der Waals surface area (Å²) in [5.74, 6) is 0.596. The first-order chi connectivity index (χ1) is 11.1. The van der Waals surface area contributed by atoms with Gasteiger partial charge in [0.1, 0.15) is 6.33 Å². The zero-order valence-electron chi connectivity index (χ0n) is 12.8. The Hall–Kier alpha value is -1.63. The van der Waals surface area contributed by atoms with Crippen LogP contribution in [0.3, 0.4) is 0 Å². The highest BCUT2D eigenvalue weighted by Crippen LogP contribution is 2.22. The predicted molar refractivity (Wildman–Crippen MR) is 88.5 cm³/mol. The number of aryl methyl sites for hydroxylation is 1. The lowest BCUT2D eigenvalue weighted by molar-refractivity contribution is -0.120. The molecule has 1 aromatic carbocycles. The van der Waals surface area contributed by atoms with E-state index in [9.17, 15) is 4.79 Å². The van der Waals surface area contributed by atoms with Crippen LogP contribution in [0.15, 0.2) is 24.5 Å². The molecule has 1 heterocycles. The molecule has 1 amide bonds. The van der Waals surface area contributed by atoms with Crippen molar-refractivity contribution in [2.24, 2.45) is 0 Å². The van der Waals surface area contributed by atoms with E-state index in [1.165, 1.54) is 0 Å². The van der Waals surface area contributed by atoms with Crippen LogP contribution in [0, 0.1) is 0 Å². The molecule has 0 bridgehead atoms. The van der Waals surface area contributed by atoms with E-state index in [0.29, 0.717) is 29.0 Å². The van der Waals surface area contributed by atoms with Crippen molar-refractivity contribution in [2.45, 2.75) is 25.9 Å². The zero-order valence-corrected chi connectivity index (χ0v) is 14.3. The topological polar surface area (TPSA) is 69.0 Å². The van der Waals surface area contributed by atoms with Crippen LogP contribution in [0.4, 0.5) is 0 Å². The second-order valence-electron chi connectivity index (χ2n) is 4.99. The van der Waals surface area contributed by atoms with E-state index >= 15 is 0 Å². The molecule has 2 aromatic rings. The number of ether oxygens (including phenoxy) is 1. The summed E-state index contributed by atoms with van der Waals surface area (Å²) in [6, 6.07) is 5.15. The lowest BCUT2D eigenvalue weighted by Gasteiger charge is -2.08. The Morgan fingerprint density at radius 1 is 1.35 bits per heavy atom. The molecule has 6 nitrogen and oxygen atoms in total. The predicted octanol–water partition coefficient (Wildman–Crippen LogP) is 2.48. The standard InChI is InChI=1S/C15H18Cl2N4O2/c1-23-6-2-5-21-10-19-20-14(21)9-18-15(22)8-11-3-4-12(16)13(17)7-11/h3-4,7,10H,2,5-6,8-9H2,1H3,(H,18,22). The Balaban J connectivity index is 1.84. The van der Waals surface area contributed by atoms with E-state index < -0.39 is 0 Å². The third-order valence-electron chi connectivity index (χ3n) is 3.24. The molecule has 0 aliphatic heterocycles. The number of hydrogen-bond acceptors (Lipinski definition) is 4. The summed E-state index contributed by atoms with van der Waals surface area (Å²) in [4.78, 5) is 12.0. The zero-order chi connectivity index (χ0) is 16.7. The number of carbonyl (C=O) groups is 1. The van der Waals surface area contributed by atoms with Crippen molar-refractivity contribution in [1.29, 1.82) is 0 Å².